The second-order valence-corrected chi connectivity index (χ2v) is 6.72. The van der Waals surface area contributed by atoms with Crippen LogP contribution in [0.5, 0.6) is 0 Å². The Morgan fingerprint density at radius 1 is 1.18 bits per heavy atom. The second kappa shape index (κ2) is 8.37. The van der Waals surface area contributed by atoms with E-state index >= 15 is 0 Å². The van der Waals surface area contributed by atoms with Gasteiger partial charge in [0.05, 0.1) is 12.1 Å². The molecule has 0 N–H and O–H groups in total. The summed E-state index contributed by atoms with van der Waals surface area (Å²) in [5.41, 5.74) is 0.292. The van der Waals surface area contributed by atoms with Crippen molar-refractivity contribution in [2.45, 2.75) is 33.1 Å². The maximum atomic E-state index is 13.2. The fraction of sp³-hybridized carbons (Fsp3) is 0.381. The highest BCUT2D eigenvalue weighted by Crippen LogP contribution is 2.31. The van der Waals surface area contributed by atoms with Crippen LogP contribution in [0.4, 0.5) is 10.1 Å². The fourth-order valence-corrected chi connectivity index (χ4v) is 3.47. The van der Waals surface area contributed by atoms with E-state index in [1.54, 1.807) is 4.90 Å². The van der Waals surface area contributed by atoms with E-state index in [1.165, 1.54) is 24.3 Å². The molecule has 0 radical (unpaired) electrons. The number of likely N-dealkylation sites (N-methyl/N-ethyl adjacent to an activating group) is 1. The van der Waals surface area contributed by atoms with E-state index in [9.17, 15) is 18.8 Å². The molecule has 1 aromatic rings. The van der Waals surface area contributed by atoms with Gasteiger partial charge in [-0.15, -0.1) is 0 Å². The van der Waals surface area contributed by atoms with Crippen molar-refractivity contribution in [1.82, 2.24) is 4.90 Å². The number of amides is 2. The molecular weight excluding hydrogens is 363 g/mol. The monoisotopic (exact) mass is 386 g/mol. The van der Waals surface area contributed by atoms with Gasteiger partial charge in [-0.1, -0.05) is 12.2 Å². The number of imide groups is 1. The molecule has 0 unspecified atom stereocenters. The first-order valence-corrected chi connectivity index (χ1v) is 9.47. The van der Waals surface area contributed by atoms with Crippen molar-refractivity contribution in [1.29, 1.82) is 0 Å². The largest absolute Gasteiger partial charge is 0.418 e. The molecule has 1 aliphatic heterocycles. The normalized spacial score (nSPS) is 19.0. The average molecular weight is 386 g/mol. The van der Waals surface area contributed by atoms with Crippen molar-refractivity contribution < 1.29 is 23.5 Å². The third kappa shape index (κ3) is 3.83. The van der Waals surface area contributed by atoms with Gasteiger partial charge in [-0.25, -0.2) is 9.29 Å². The molecule has 0 saturated carbocycles. The Morgan fingerprint density at radius 3 is 2.43 bits per heavy atom. The van der Waals surface area contributed by atoms with Crippen molar-refractivity contribution in [3.63, 3.8) is 0 Å². The van der Waals surface area contributed by atoms with Crippen LogP contribution in [0.1, 0.15) is 33.1 Å². The molecular formula is C21H23FN2O4. The van der Waals surface area contributed by atoms with Crippen molar-refractivity contribution >= 4 is 23.5 Å². The first-order valence-electron chi connectivity index (χ1n) is 9.47. The molecule has 148 valence electrons. The molecule has 7 heteroatoms. The number of ether oxygens (including phenoxy) is 1. The average Bonchev–Trinajstić information content (AvgIpc) is 3.26. The lowest BCUT2D eigenvalue weighted by Crippen LogP contribution is -2.35. The van der Waals surface area contributed by atoms with Crippen LogP contribution in [-0.2, 0) is 19.1 Å². The minimum Gasteiger partial charge on any atom is -0.418 e. The van der Waals surface area contributed by atoms with Crippen LogP contribution in [0.25, 0.3) is 0 Å². The maximum absolute atomic E-state index is 13.2. The summed E-state index contributed by atoms with van der Waals surface area (Å²) in [5.74, 6) is -2.48. The molecule has 1 aliphatic carbocycles. The van der Waals surface area contributed by atoms with Crippen molar-refractivity contribution in [3.8, 4) is 0 Å². The number of carbonyl (C=O) groups excluding carboxylic acids is 3. The van der Waals surface area contributed by atoms with E-state index in [1.807, 2.05) is 26.0 Å². The van der Waals surface area contributed by atoms with Crippen LogP contribution >= 0.6 is 0 Å². The molecule has 1 heterocycles. The summed E-state index contributed by atoms with van der Waals surface area (Å²) in [6, 6.07) is 5.03. The smallest absolute Gasteiger partial charge is 0.312 e. The summed E-state index contributed by atoms with van der Waals surface area (Å²) < 4.78 is 18.7. The Bertz CT molecular complexity index is 840. The Balaban J connectivity index is 1.90. The van der Waals surface area contributed by atoms with Crippen molar-refractivity contribution in [3.05, 3.63) is 53.7 Å². The van der Waals surface area contributed by atoms with Crippen LogP contribution in [0.2, 0.25) is 0 Å². The van der Waals surface area contributed by atoms with Gasteiger partial charge in [-0.05, 0) is 56.9 Å². The number of esters is 1. The molecule has 2 aliphatic rings. The maximum Gasteiger partial charge on any atom is 0.312 e. The lowest BCUT2D eigenvalue weighted by Gasteiger charge is -2.22. The summed E-state index contributed by atoms with van der Waals surface area (Å²) >= 11 is 0. The van der Waals surface area contributed by atoms with E-state index in [2.05, 4.69) is 0 Å². The molecule has 2 amide bonds. The van der Waals surface area contributed by atoms with E-state index in [-0.39, 0.29) is 29.5 Å². The summed E-state index contributed by atoms with van der Waals surface area (Å²) in [4.78, 5) is 41.0. The number of allylic oxidation sites excluding steroid dienone is 2. The fourth-order valence-electron chi connectivity index (χ4n) is 3.47. The third-order valence-electron chi connectivity index (χ3n) is 4.94. The van der Waals surface area contributed by atoms with Crippen LogP contribution in [0, 0.1) is 11.7 Å². The summed E-state index contributed by atoms with van der Waals surface area (Å²) in [7, 11) is 0. The van der Waals surface area contributed by atoms with Crippen LogP contribution in [0.15, 0.2) is 47.9 Å². The number of carbonyl (C=O) groups is 3. The van der Waals surface area contributed by atoms with Gasteiger partial charge >= 0.3 is 11.9 Å². The lowest BCUT2D eigenvalue weighted by atomic mass is 10.1. The highest BCUT2D eigenvalue weighted by molar-refractivity contribution is 6.32. The minimum absolute atomic E-state index is 0.0645. The molecule has 0 spiro atoms. The van der Waals surface area contributed by atoms with E-state index < -0.39 is 23.6 Å². The van der Waals surface area contributed by atoms with Gasteiger partial charge in [0, 0.05) is 13.1 Å². The van der Waals surface area contributed by atoms with E-state index in [0.717, 1.165) is 17.7 Å². The number of hydrogen-bond donors (Lipinski definition) is 0. The number of rotatable bonds is 7. The molecule has 3 rings (SSSR count). The predicted molar refractivity (Wildman–Crippen MR) is 101 cm³/mol. The van der Waals surface area contributed by atoms with Crippen LogP contribution in [-0.4, -0.2) is 35.8 Å². The molecule has 6 nitrogen and oxygen atoms in total. The molecule has 1 atom stereocenters. The van der Waals surface area contributed by atoms with Gasteiger partial charge in [0.25, 0.3) is 5.91 Å². The Labute approximate surface area is 163 Å². The summed E-state index contributed by atoms with van der Waals surface area (Å²) in [5, 5.41) is 0. The zero-order valence-electron chi connectivity index (χ0n) is 16.0. The SMILES string of the molecule is CCN(CC)C1=C(OC(=O)C[C@H]2C=CCC2)C(=O)N(c2ccc(F)cc2)C1=O. The molecule has 0 aromatic heterocycles. The van der Waals surface area contributed by atoms with E-state index in [0.29, 0.717) is 13.1 Å². The van der Waals surface area contributed by atoms with Gasteiger partial charge in [-0.2, -0.15) is 0 Å². The number of nitrogens with zero attached hydrogens (tertiary/aromatic N) is 2. The third-order valence-corrected chi connectivity index (χ3v) is 4.94. The second-order valence-electron chi connectivity index (χ2n) is 6.72. The number of anilines is 1. The van der Waals surface area contributed by atoms with E-state index in [4.69, 9.17) is 4.74 Å². The van der Waals surface area contributed by atoms with Gasteiger partial charge in [0.15, 0.2) is 5.70 Å². The van der Waals surface area contributed by atoms with Gasteiger partial charge in [0.2, 0.25) is 5.76 Å². The van der Waals surface area contributed by atoms with Crippen LogP contribution < -0.4 is 4.90 Å². The summed E-state index contributed by atoms with van der Waals surface area (Å²) in [6.45, 7) is 4.62. The lowest BCUT2D eigenvalue weighted by molar-refractivity contribution is -0.143. The Kier molecular flexibility index (Phi) is 5.92. The first kappa shape index (κ1) is 19.8. The number of benzene rings is 1. The highest BCUT2D eigenvalue weighted by Gasteiger charge is 2.44. The number of hydrogen-bond acceptors (Lipinski definition) is 5. The van der Waals surface area contributed by atoms with Gasteiger partial charge in [-0.3, -0.25) is 14.4 Å². The minimum atomic E-state index is -0.714. The van der Waals surface area contributed by atoms with Crippen molar-refractivity contribution in [2.75, 3.05) is 18.0 Å². The molecule has 0 fully saturated rings. The highest BCUT2D eigenvalue weighted by atomic mass is 19.1. The standard InChI is InChI=1S/C21H23FN2O4/c1-3-23(4-2)18-19(28-17(25)13-14-7-5-6-8-14)21(27)24(20(18)26)16-11-9-15(22)10-12-16/h5,7,9-12,14H,3-4,6,8,13H2,1-2H3/t14-/m0/s1. The molecule has 1 aromatic carbocycles. The zero-order chi connectivity index (χ0) is 20.3. The summed E-state index contributed by atoms with van der Waals surface area (Å²) in [6.07, 6.45) is 5.92. The van der Waals surface area contributed by atoms with Gasteiger partial charge in [0.1, 0.15) is 5.82 Å². The van der Waals surface area contributed by atoms with Gasteiger partial charge < -0.3 is 9.64 Å². The Hall–Kier alpha value is -2.96. The molecule has 28 heavy (non-hydrogen) atoms. The van der Waals surface area contributed by atoms with Crippen molar-refractivity contribution in [2.24, 2.45) is 5.92 Å². The first-order chi connectivity index (χ1) is 13.5. The predicted octanol–water partition coefficient (Wildman–Crippen LogP) is 3.15. The molecule has 0 bridgehead atoms. The molecule has 0 saturated heterocycles. The zero-order valence-corrected chi connectivity index (χ0v) is 16.0. The van der Waals surface area contributed by atoms with Crippen LogP contribution in [0.3, 0.4) is 0 Å². The Morgan fingerprint density at radius 2 is 1.86 bits per heavy atom. The quantitative estimate of drug-likeness (QED) is 0.409. The topological polar surface area (TPSA) is 66.9 Å². The number of halogens is 1.